The van der Waals surface area contributed by atoms with Gasteiger partial charge in [0.05, 0.1) is 5.56 Å². The van der Waals surface area contributed by atoms with Gasteiger partial charge in [-0.15, -0.1) is 0 Å². The summed E-state index contributed by atoms with van der Waals surface area (Å²) in [6, 6.07) is 0.315. The molecule has 0 amide bonds. The maximum atomic E-state index is 13.4. The van der Waals surface area contributed by atoms with Gasteiger partial charge in [-0.05, 0) is 19.0 Å². The fourth-order valence-corrected chi connectivity index (χ4v) is 1.92. The standard InChI is InChI=1S/C12H11F4NO/c1-2-17-8-4-5(8)12(18)6-3-7(13)10(15)11(16)9(6)14/h3,5,8,17H,2,4H2,1H3. The molecule has 0 aliphatic heterocycles. The van der Waals surface area contributed by atoms with Crippen LogP contribution in [0.5, 0.6) is 0 Å². The Labute approximate surface area is 101 Å². The molecular formula is C12H11F4NO. The number of hydrogen-bond acceptors (Lipinski definition) is 2. The van der Waals surface area contributed by atoms with Gasteiger partial charge in [-0.3, -0.25) is 4.79 Å². The van der Waals surface area contributed by atoms with E-state index in [2.05, 4.69) is 5.32 Å². The van der Waals surface area contributed by atoms with Gasteiger partial charge in [0, 0.05) is 12.0 Å². The van der Waals surface area contributed by atoms with Gasteiger partial charge < -0.3 is 5.32 Å². The molecule has 1 N–H and O–H groups in total. The van der Waals surface area contributed by atoms with Crippen LogP contribution in [0.1, 0.15) is 23.7 Å². The molecule has 1 saturated carbocycles. The van der Waals surface area contributed by atoms with Crippen LogP contribution in [-0.2, 0) is 0 Å². The first-order chi connectivity index (χ1) is 8.47. The second kappa shape index (κ2) is 4.68. The zero-order valence-electron chi connectivity index (χ0n) is 9.57. The van der Waals surface area contributed by atoms with Crippen LogP contribution in [0.2, 0.25) is 0 Å². The van der Waals surface area contributed by atoms with E-state index in [1.165, 1.54) is 0 Å². The Bertz CT molecular complexity index is 503. The average molecular weight is 261 g/mol. The average Bonchev–Trinajstić information content (AvgIpc) is 3.10. The van der Waals surface area contributed by atoms with Crippen LogP contribution in [0.25, 0.3) is 0 Å². The molecule has 2 rings (SSSR count). The Morgan fingerprint density at radius 3 is 2.56 bits per heavy atom. The topological polar surface area (TPSA) is 29.1 Å². The van der Waals surface area contributed by atoms with E-state index in [0.29, 0.717) is 19.0 Å². The third kappa shape index (κ3) is 2.12. The predicted molar refractivity (Wildman–Crippen MR) is 56.2 cm³/mol. The minimum absolute atomic E-state index is 0.0990. The molecule has 0 heterocycles. The Balaban J connectivity index is 2.27. The molecule has 1 aliphatic carbocycles. The van der Waals surface area contributed by atoms with Crippen LogP contribution < -0.4 is 5.32 Å². The largest absolute Gasteiger partial charge is 0.313 e. The lowest BCUT2D eigenvalue weighted by molar-refractivity contribution is 0.0957. The van der Waals surface area contributed by atoms with Crippen LogP contribution in [0.3, 0.4) is 0 Å². The van der Waals surface area contributed by atoms with Crippen molar-refractivity contribution in [1.82, 2.24) is 5.32 Å². The minimum Gasteiger partial charge on any atom is -0.313 e. The van der Waals surface area contributed by atoms with Crippen molar-refractivity contribution in [2.45, 2.75) is 19.4 Å². The van der Waals surface area contributed by atoms with Crippen molar-refractivity contribution in [1.29, 1.82) is 0 Å². The highest BCUT2D eigenvalue weighted by Crippen LogP contribution is 2.35. The summed E-state index contributed by atoms with van der Waals surface area (Å²) in [5.41, 5.74) is -0.725. The smallest absolute Gasteiger partial charge is 0.198 e. The van der Waals surface area contributed by atoms with Crippen LogP contribution >= 0.6 is 0 Å². The molecular weight excluding hydrogens is 250 g/mol. The molecule has 2 atom stereocenters. The molecule has 0 saturated heterocycles. The van der Waals surface area contributed by atoms with Crippen molar-refractivity contribution in [3.05, 3.63) is 34.9 Å². The number of hydrogen-bond donors (Lipinski definition) is 1. The lowest BCUT2D eigenvalue weighted by Crippen LogP contribution is -2.21. The lowest BCUT2D eigenvalue weighted by atomic mass is 10.1. The van der Waals surface area contributed by atoms with Gasteiger partial charge in [0.2, 0.25) is 0 Å². The van der Waals surface area contributed by atoms with Gasteiger partial charge in [0.1, 0.15) is 0 Å². The summed E-state index contributed by atoms with van der Waals surface area (Å²) in [4.78, 5) is 11.8. The molecule has 6 heteroatoms. The molecule has 2 unspecified atom stereocenters. The lowest BCUT2D eigenvalue weighted by Gasteiger charge is -2.05. The molecule has 0 bridgehead atoms. The van der Waals surface area contributed by atoms with E-state index in [0.717, 1.165) is 0 Å². The highest BCUT2D eigenvalue weighted by Gasteiger charge is 2.44. The Hall–Kier alpha value is -1.43. The fraction of sp³-hybridized carbons (Fsp3) is 0.417. The SMILES string of the molecule is CCNC1CC1C(=O)c1cc(F)c(F)c(F)c1F. The van der Waals surface area contributed by atoms with E-state index in [1.54, 1.807) is 0 Å². The maximum Gasteiger partial charge on any atom is 0.198 e. The molecule has 1 aliphatic rings. The second-order valence-electron chi connectivity index (χ2n) is 4.22. The first-order valence-corrected chi connectivity index (χ1v) is 5.58. The van der Waals surface area contributed by atoms with Crippen LogP contribution in [0.4, 0.5) is 17.6 Å². The Morgan fingerprint density at radius 2 is 1.94 bits per heavy atom. The summed E-state index contributed by atoms with van der Waals surface area (Å²) >= 11 is 0. The number of Topliss-reactive ketones (excluding diaryl/α,β-unsaturated/α-hetero) is 1. The highest BCUT2D eigenvalue weighted by atomic mass is 19.2. The maximum absolute atomic E-state index is 13.4. The van der Waals surface area contributed by atoms with E-state index < -0.39 is 40.5 Å². The van der Waals surface area contributed by atoms with Crippen molar-refractivity contribution < 1.29 is 22.4 Å². The number of rotatable bonds is 4. The summed E-state index contributed by atoms with van der Waals surface area (Å²) in [7, 11) is 0. The molecule has 0 aromatic heterocycles. The van der Waals surface area contributed by atoms with Gasteiger partial charge in [0.25, 0.3) is 0 Å². The molecule has 1 fully saturated rings. The summed E-state index contributed by atoms with van der Waals surface area (Å²) in [5.74, 6) is -8.22. The summed E-state index contributed by atoms with van der Waals surface area (Å²) < 4.78 is 52.1. The predicted octanol–water partition coefficient (Wildman–Crippen LogP) is 2.42. The molecule has 98 valence electrons. The third-order valence-corrected chi connectivity index (χ3v) is 2.96. The summed E-state index contributed by atoms with van der Waals surface area (Å²) in [6.07, 6.45) is 0.493. The molecule has 0 radical (unpaired) electrons. The van der Waals surface area contributed by atoms with Gasteiger partial charge in [-0.1, -0.05) is 6.92 Å². The molecule has 2 nitrogen and oxygen atoms in total. The number of carbonyl (C=O) groups is 1. The van der Waals surface area contributed by atoms with E-state index in [1.807, 2.05) is 6.92 Å². The van der Waals surface area contributed by atoms with Crippen molar-refractivity contribution in [2.24, 2.45) is 5.92 Å². The number of nitrogens with one attached hydrogen (secondary N) is 1. The molecule has 0 spiro atoms. The fourth-order valence-electron chi connectivity index (χ4n) is 1.92. The van der Waals surface area contributed by atoms with Crippen molar-refractivity contribution >= 4 is 5.78 Å². The van der Waals surface area contributed by atoms with Crippen molar-refractivity contribution in [2.75, 3.05) is 6.54 Å². The van der Waals surface area contributed by atoms with Gasteiger partial charge >= 0.3 is 0 Å². The number of carbonyl (C=O) groups excluding carboxylic acids is 1. The first kappa shape index (κ1) is 13.0. The third-order valence-electron chi connectivity index (χ3n) is 2.96. The quantitative estimate of drug-likeness (QED) is 0.390. The summed E-state index contributed by atoms with van der Waals surface area (Å²) in [6.45, 7) is 2.49. The Morgan fingerprint density at radius 1 is 1.28 bits per heavy atom. The van der Waals surface area contributed by atoms with E-state index in [9.17, 15) is 22.4 Å². The second-order valence-corrected chi connectivity index (χ2v) is 4.22. The normalized spacial score (nSPS) is 22.1. The van der Waals surface area contributed by atoms with Crippen LogP contribution in [0.15, 0.2) is 6.07 Å². The highest BCUT2D eigenvalue weighted by molar-refractivity contribution is 6.00. The Kier molecular flexibility index (Phi) is 3.38. The molecule has 1 aromatic rings. The monoisotopic (exact) mass is 261 g/mol. The van der Waals surface area contributed by atoms with Gasteiger partial charge in [0.15, 0.2) is 29.1 Å². The molecule has 18 heavy (non-hydrogen) atoms. The minimum atomic E-state index is -1.95. The zero-order chi connectivity index (χ0) is 13.4. The zero-order valence-corrected chi connectivity index (χ0v) is 9.57. The number of ketones is 1. The number of benzene rings is 1. The van der Waals surface area contributed by atoms with Gasteiger partial charge in [-0.2, -0.15) is 0 Å². The number of halogens is 4. The summed E-state index contributed by atoms with van der Waals surface area (Å²) in [5, 5.41) is 2.98. The molecule has 1 aromatic carbocycles. The van der Waals surface area contributed by atoms with Crippen molar-refractivity contribution in [3.63, 3.8) is 0 Å². The van der Waals surface area contributed by atoms with E-state index in [4.69, 9.17) is 0 Å². The first-order valence-electron chi connectivity index (χ1n) is 5.58. The van der Waals surface area contributed by atoms with Gasteiger partial charge in [-0.25, -0.2) is 17.6 Å². The van der Waals surface area contributed by atoms with E-state index in [-0.39, 0.29) is 6.04 Å². The van der Waals surface area contributed by atoms with Crippen LogP contribution in [-0.4, -0.2) is 18.4 Å². The van der Waals surface area contributed by atoms with E-state index >= 15 is 0 Å². The van der Waals surface area contributed by atoms with Crippen LogP contribution in [0, 0.1) is 29.2 Å². The van der Waals surface area contributed by atoms with Crippen molar-refractivity contribution in [3.8, 4) is 0 Å².